The lowest BCUT2D eigenvalue weighted by Gasteiger charge is -2.32. The minimum absolute atomic E-state index is 0.227. The van der Waals surface area contributed by atoms with Gasteiger partial charge in [-0.3, -0.25) is 9.78 Å². The molecule has 3 heterocycles. The van der Waals surface area contributed by atoms with Gasteiger partial charge in [-0.1, -0.05) is 13.3 Å². The zero-order valence-electron chi connectivity index (χ0n) is 16.4. The van der Waals surface area contributed by atoms with E-state index in [9.17, 15) is 14.3 Å². The lowest BCUT2D eigenvalue weighted by atomic mass is 9.96. The highest BCUT2D eigenvalue weighted by Gasteiger charge is 2.27. The van der Waals surface area contributed by atoms with Gasteiger partial charge in [-0.2, -0.15) is 0 Å². The number of halogens is 1. The molecule has 0 unspecified atom stereocenters. The van der Waals surface area contributed by atoms with Crippen LogP contribution in [0.25, 0.3) is 22.2 Å². The van der Waals surface area contributed by atoms with Gasteiger partial charge in [0.2, 0.25) is 0 Å². The van der Waals surface area contributed by atoms with Crippen LogP contribution in [0.5, 0.6) is 0 Å². The minimum Gasteiger partial charge on any atom is -0.481 e. The zero-order valence-corrected chi connectivity index (χ0v) is 16.4. The largest absolute Gasteiger partial charge is 0.481 e. The van der Waals surface area contributed by atoms with Crippen LogP contribution in [0.15, 0.2) is 35.1 Å². The molecule has 152 valence electrons. The van der Waals surface area contributed by atoms with Gasteiger partial charge in [0.1, 0.15) is 5.69 Å². The Hall–Kier alpha value is -2.96. The van der Waals surface area contributed by atoms with Crippen molar-refractivity contribution in [1.82, 2.24) is 9.97 Å². The van der Waals surface area contributed by atoms with E-state index in [2.05, 4.69) is 16.8 Å². The highest BCUT2D eigenvalue weighted by Crippen LogP contribution is 2.33. The molecule has 4 rings (SSSR count). The number of aromatic nitrogens is 2. The molecular weight excluding hydrogens is 373 g/mol. The highest BCUT2D eigenvalue weighted by atomic mass is 19.1. The number of piperidine rings is 1. The molecule has 6 nitrogen and oxygen atoms in total. The van der Waals surface area contributed by atoms with Crippen LogP contribution < -0.4 is 4.90 Å². The average molecular weight is 397 g/mol. The monoisotopic (exact) mass is 397 g/mol. The molecule has 29 heavy (non-hydrogen) atoms. The third-order valence-electron chi connectivity index (χ3n) is 5.51. The Morgan fingerprint density at radius 2 is 2.14 bits per heavy atom. The third-order valence-corrected chi connectivity index (χ3v) is 5.51. The Labute approximate surface area is 168 Å². The second-order valence-corrected chi connectivity index (χ2v) is 7.53. The van der Waals surface area contributed by atoms with Crippen LogP contribution >= 0.6 is 0 Å². The van der Waals surface area contributed by atoms with Crippen molar-refractivity contribution in [3.8, 4) is 11.3 Å². The molecule has 1 N–H and O–H groups in total. The molecule has 0 atom stereocenters. The van der Waals surface area contributed by atoms with Crippen molar-refractivity contribution >= 4 is 22.8 Å². The number of aliphatic carboxylic acids is 1. The van der Waals surface area contributed by atoms with Gasteiger partial charge in [0.05, 0.1) is 17.9 Å². The number of carbonyl (C=O) groups is 1. The smallest absolute Gasteiger partial charge is 0.306 e. The van der Waals surface area contributed by atoms with Crippen molar-refractivity contribution in [3.63, 3.8) is 0 Å². The second-order valence-electron chi connectivity index (χ2n) is 7.53. The van der Waals surface area contributed by atoms with Crippen molar-refractivity contribution in [1.29, 1.82) is 0 Å². The molecule has 0 saturated carbocycles. The standard InChI is InChI=1S/C22H24FN3O3/c1-2-3-4-17-13-24-19(16-11-15-7-10-29-20(15)18(23)12-16)21(25-17)26-8-5-14(6-9-26)22(27)28/h7,10-14H,2-6,8-9H2,1H3,(H,27,28). The number of fused-ring (bicyclic) bond motifs is 1. The van der Waals surface area contributed by atoms with Gasteiger partial charge >= 0.3 is 5.97 Å². The molecule has 1 aliphatic heterocycles. The number of aryl methyl sites for hydroxylation is 1. The summed E-state index contributed by atoms with van der Waals surface area (Å²) in [6, 6.07) is 5.00. The number of benzene rings is 1. The number of carboxylic acid groups (broad SMARTS) is 1. The van der Waals surface area contributed by atoms with Crippen LogP contribution in [0.1, 0.15) is 38.3 Å². The van der Waals surface area contributed by atoms with Gasteiger partial charge < -0.3 is 14.4 Å². The van der Waals surface area contributed by atoms with Crippen LogP contribution in [0.4, 0.5) is 10.2 Å². The maximum Gasteiger partial charge on any atom is 0.306 e. The molecule has 0 spiro atoms. The summed E-state index contributed by atoms with van der Waals surface area (Å²) >= 11 is 0. The van der Waals surface area contributed by atoms with Crippen molar-refractivity contribution < 1.29 is 18.7 Å². The first-order chi connectivity index (χ1) is 14.1. The first kappa shape index (κ1) is 19.4. The van der Waals surface area contributed by atoms with E-state index in [1.165, 1.54) is 12.3 Å². The van der Waals surface area contributed by atoms with Gasteiger partial charge in [0, 0.05) is 30.2 Å². The van der Waals surface area contributed by atoms with Crippen LogP contribution in [-0.4, -0.2) is 34.1 Å². The number of furan rings is 1. The van der Waals surface area contributed by atoms with Crippen molar-refractivity contribution in [3.05, 3.63) is 42.2 Å². The Bertz CT molecular complexity index is 1030. The van der Waals surface area contributed by atoms with Crippen molar-refractivity contribution in [2.24, 2.45) is 5.92 Å². The summed E-state index contributed by atoms with van der Waals surface area (Å²) in [6.07, 6.45) is 7.26. The summed E-state index contributed by atoms with van der Waals surface area (Å²) in [6.45, 7) is 3.31. The van der Waals surface area contributed by atoms with E-state index in [1.807, 2.05) is 6.07 Å². The maximum atomic E-state index is 14.5. The van der Waals surface area contributed by atoms with E-state index in [1.54, 1.807) is 12.3 Å². The fourth-order valence-corrected chi connectivity index (χ4v) is 3.83. The predicted molar refractivity (Wildman–Crippen MR) is 108 cm³/mol. The Kier molecular flexibility index (Phi) is 5.47. The first-order valence-corrected chi connectivity index (χ1v) is 10.1. The molecule has 0 bridgehead atoms. The molecule has 1 fully saturated rings. The number of anilines is 1. The summed E-state index contributed by atoms with van der Waals surface area (Å²) in [5.41, 5.74) is 2.38. The summed E-state index contributed by atoms with van der Waals surface area (Å²) in [5.74, 6) is -0.814. The van der Waals surface area contributed by atoms with E-state index in [4.69, 9.17) is 9.40 Å². The third kappa shape index (κ3) is 3.95. The van der Waals surface area contributed by atoms with E-state index in [0.717, 1.165) is 25.0 Å². The fourth-order valence-electron chi connectivity index (χ4n) is 3.83. The summed E-state index contributed by atoms with van der Waals surface area (Å²) < 4.78 is 19.7. The molecule has 3 aromatic rings. The fraction of sp³-hybridized carbons (Fsp3) is 0.409. The number of carboxylic acids is 1. The van der Waals surface area contributed by atoms with Crippen LogP contribution in [0.2, 0.25) is 0 Å². The summed E-state index contributed by atoms with van der Waals surface area (Å²) in [7, 11) is 0. The second kappa shape index (κ2) is 8.19. The van der Waals surface area contributed by atoms with E-state index in [-0.39, 0.29) is 11.5 Å². The van der Waals surface area contributed by atoms with E-state index >= 15 is 0 Å². The number of unbranched alkanes of at least 4 members (excludes halogenated alkanes) is 1. The van der Waals surface area contributed by atoms with Gasteiger partial charge in [0.25, 0.3) is 0 Å². The molecule has 7 heteroatoms. The number of nitrogens with zero attached hydrogens (tertiary/aromatic N) is 3. The van der Waals surface area contributed by atoms with Gasteiger partial charge in [-0.05, 0) is 43.9 Å². The van der Waals surface area contributed by atoms with Crippen LogP contribution in [-0.2, 0) is 11.2 Å². The minimum atomic E-state index is -0.750. The van der Waals surface area contributed by atoms with Gasteiger partial charge in [0.15, 0.2) is 17.2 Å². The molecular formula is C22H24FN3O3. The number of hydrogen-bond donors (Lipinski definition) is 1. The predicted octanol–water partition coefficient (Wildman–Crippen LogP) is 4.67. The van der Waals surface area contributed by atoms with Crippen molar-refractivity contribution in [2.75, 3.05) is 18.0 Å². The topological polar surface area (TPSA) is 79.5 Å². The Morgan fingerprint density at radius 1 is 1.34 bits per heavy atom. The Balaban J connectivity index is 1.73. The molecule has 1 aliphatic rings. The van der Waals surface area contributed by atoms with Crippen LogP contribution in [0.3, 0.4) is 0 Å². The average Bonchev–Trinajstić information content (AvgIpc) is 3.21. The van der Waals surface area contributed by atoms with Gasteiger partial charge in [-0.15, -0.1) is 0 Å². The van der Waals surface area contributed by atoms with E-state index in [0.29, 0.717) is 48.4 Å². The molecule has 0 aliphatic carbocycles. The quantitative estimate of drug-likeness (QED) is 0.651. The number of hydrogen-bond acceptors (Lipinski definition) is 5. The molecule has 2 aromatic heterocycles. The molecule has 0 radical (unpaired) electrons. The molecule has 1 aromatic carbocycles. The van der Waals surface area contributed by atoms with E-state index < -0.39 is 11.8 Å². The maximum absolute atomic E-state index is 14.5. The van der Waals surface area contributed by atoms with Crippen molar-refractivity contribution in [2.45, 2.75) is 39.0 Å². The lowest BCUT2D eigenvalue weighted by Crippen LogP contribution is -2.37. The Morgan fingerprint density at radius 3 is 2.86 bits per heavy atom. The SMILES string of the molecule is CCCCc1cnc(-c2cc(F)c3occc3c2)c(N2CCC(C(=O)O)CC2)n1. The normalized spacial score (nSPS) is 15.2. The molecule has 1 saturated heterocycles. The summed E-state index contributed by atoms with van der Waals surface area (Å²) in [5, 5.41) is 9.96. The van der Waals surface area contributed by atoms with Gasteiger partial charge in [-0.25, -0.2) is 9.37 Å². The zero-order chi connectivity index (χ0) is 20.4. The first-order valence-electron chi connectivity index (χ1n) is 10.1. The number of rotatable bonds is 6. The lowest BCUT2D eigenvalue weighted by molar-refractivity contribution is -0.142. The molecule has 0 amide bonds. The van der Waals surface area contributed by atoms with Crippen LogP contribution in [0, 0.1) is 11.7 Å². The highest BCUT2D eigenvalue weighted by molar-refractivity contribution is 5.85. The summed E-state index contributed by atoms with van der Waals surface area (Å²) in [4.78, 5) is 22.9.